The first-order valence-corrected chi connectivity index (χ1v) is 8.40. The van der Waals surface area contributed by atoms with Crippen molar-refractivity contribution < 1.29 is 0 Å². The highest BCUT2D eigenvalue weighted by molar-refractivity contribution is 6.06. The minimum Gasteiger partial charge on any atom is -0.254 e. The van der Waals surface area contributed by atoms with Gasteiger partial charge in [-0.25, -0.2) is 4.98 Å². The Morgan fingerprint density at radius 1 is 0.800 bits per heavy atom. The van der Waals surface area contributed by atoms with E-state index in [9.17, 15) is 0 Å². The molecule has 0 bridgehead atoms. The summed E-state index contributed by atoms with van der Waals surface area (Å²) in [5.74, 6) is 0. The Hall–Kier alpha value is -3.07. The first-order chi connectivity index (χ1) is 12.1. The van der Waals surface area contributed by atoms with Crippen molar-refractivity contribution in [3.8, 4) is 0 Å². The zero-order valence-electron chi connectivity index (χ0n) is 14.6. The van der Waals surface area contributed by atoms with Gasteiger partial charge in [0, 0.05) is 17.0 Å². The second kappa shape index (κ2) is 6.10. The largest absolute Gasteiger partial charge is 0.254 e. The number of aliphatic imine (C=N–C) groups is 1. The van der Waals surface area contributed by atoms with Gasteiger partial charge < -0.3 is 0 Å². The van der Waals surface area contributed by atoms with Crippen molar-refractivity contribution >= 4 is 33.2 Å². The summed E-state index contributed by atoms with van der Waals surface area (Å²) in [6.45, 7) is 6.19. The molecule has 4 rings (SSSR count). The van der Waals surface area contributed by atoms with Gasteiger partial charge in [0.2, 0.25) is 0 Å². The Morgan fingerprint density at radius 3 is 2.24 bits per heavy atom. The lowest BCUT2D eigenvalue weighted by Crippen LogP contribution is -1.99. The summed E-state index contributed by atoms with van der Waals surface area (Å²) in [6, 6.07) is 18.6. The van der Waals surface area contributed by atoms with Gasteiger partial charge >= 0.3 is 0 Å². The Labute approximate surface area is 147 Å². The van der Waals surface area contributed by atoms with E-state index in [-0.39, 0.29) is 0 Å². The zero-order valence-corrected chi connectivity index (χ0v) is 14.6. The SMILES string of the molecule is CC(=Nc1c(C)cccc1C)c1ccc2ccc3cccnc3c2n1. The third-order valence-corrected chi connectivity index (χ3v) is 4.52. The van der Waals surface area contributed by atoms with Crippen molar-refractivity contribution in [3.05, 3.63) is 77.6 Å². The molecule has 2 aromatic heterocycles. The van der Waals surface area contributed by atoms with Gasteiger partial charge in [-0.15, -0.1) is 0 Å². The number of pyridine rings is 2. The van der Waals surface area contributed by atoms with Crippen LogP contribution in [-0.4, -0.2) is 15.7 Å². The van der Waals surface area contributed by atoms with Crippen molar-refractivity contribution in [1.29, 1.82) is 0 Å². The summed E-state index contributed by atoms with van der Waals surface area (Å²) in [5, 5.41) is 2.19. The van der Waals surface area contributed by atoms with E-state index in [1.807, 2.05) is 25.3 Å². The fourth-order valence-electron chi connectivity index (χ4n) is 3.13. The molecule has 0 spiro atoms. The van der Waals surface area contributed by atoms with E-state index in [0.717, 1.165) is 38.9 Å². The highest BCUT2D eigenvalue weighted by Crippen LogP contribution is 2.25. The average molecular weight is 325 g/mol. The molecule has 0 N–H and O–H groups in total. The lowest BCUT2D eigenvalue weighted by atomic mass is 10.1. The van der Waals surface area contributed by atoms with E-state index in [1.165, 1.54) is 11.1 Å². The molecule has 0 aliphatic rings. The number of hydrogen-bond donors (Lipinski definition) is 0. The maximum absolute atomic E-state index is 4.87. The quantitative estimate of drug-likeness (QED) is 0.358. The van der Waals surface area contributed by atoms with E-state index in [2.05, 4.69) is 61.3 Å². The molecule has 25 heavy (non-hydrogen) atoms. The number of nitrogens with zero attached hydrogens (tertiary/aromatic N) is 3. The molecule has 0 aliphatic carbocycles. The Balaban J connectivity index is 1.89. The molecule has 0 radical (unpaired) electrons. The smallest absolute Gasteiger partial charge is 0.0972 e. The molecule has 3 heteroatoms. The molecule has 122 valence electrons. The highest BCUT2D eigenvalue weighted by Gasteiger charge is 2.08. The predicted molar refractivity (Wildman–Crippen MR) is 105 cm³/mol. The topological polar surface area (TPSA) is 38.1 Å². The van der Waals surface area contributed by atoms with Crippen LogP contribution in [0.2, 0.25) is 0 Å². The van der Waals surface area contributed by atoms with Crippen molar-refractivity contribution in [2.24, 2.45) is 4.99 Å². The van der Waals surface area contributed by atoms with Crippen molar-refractivity contribution in [2.45, 2.75) is 20.8 Å². The molecule has 0 amide bonds. The first-order valence-electron chi connectivity index (χ1n) is 8.40. The summed E-state index contributed by atoms with van der Waals surface area (Å²) < 4.78 is 0. The maximum Gasteiger partial charge on any atom is 0.0972 e. The van der Waals surface area contributed by atoms with Crippen LogP contribution in [0.4, 0.5) is 5.69 Å². The molecule has 2 heterocycles. The average Bonchev–Trinajstić information content (AvgIpc) is 2.64. The second-order valence-corrected chi connectivity index (χ2v) is 6.35. The van der Waals surface area contributed by atoms with Crippen LogP contribution in [-0.2, 0) is 0 Å². The fourth-order valence-corrected chi connectivity index (χ4v) is 3.13. The number of aryl methyl sites for hydroxylation is 2. The van der Waals surface area contributed by atoms with Crippen LogP contribution in [0.25, 0.3) is 21.8 Å². The van der Waals surface area contributed by atoms with E-state index in [4.69, 9.17) is 9.98 Å². The predicted octanol–water partition coefficient (Wildman–Crippen LogP) is 5.54. The zero-order chi connectivity index (χ0) is 17.4. The summed E-state index contributed by atoms with van der Waals surface area (Å²) in [6.07, 6.45) is 1.81. The Kier molecular flexibility index (Phi) is 3.77. The number of aromatic nitrogens is 2. The van der Waals surface area contributed by atoms with E-state index in [1.54, 1.807) is 0 Å². The number of rotatable bonds is 2. The normalized spacial score (nSPS) is 12.0. The molecule has 3 nitrogen and oxygen atoms in total. The minimum absolute atomic E-state index is 0.883. The first kappa shape index (κ1) is 15.5. The van der Waals surface area contributed by atoms with E-state index in [0.29, 0.717) is 0 Å². The van der Waals surface area contributed by atoms with Crippen LogP contribution >= 0.6 is 0 Å². The van der Waals surface area contributed by atoms with Crippen LogP contribution in [0.3, 0.4) is 0 Å². The molecule has 0 saturated carbocycles. The standard InChI is InChI=1S/C22H19N3/c1-14-6-4-7-15(2)20(14)24-16(3)19-12-11-18-10-9-17-8-5-13-23-21(17)22(18)25-19/h4-13H,1-3H3. The molecule has 0 aliphatic heterocycles. The van der Waals surface area contributed by atoms with Crippen LogP contribution in [0.1, 0.15) is 23.7 Å². The maximum atomic E-state index is 4.87. The number of hydrogen-bond acceptors (Lipinski definition) is 3. The molecule has 0 saturated heterocycles. The van der Waals surface area contributed by atoms with Gasteiger partial charge in [0.1, 0.15) is 0 Å². The van der Waals surface area contributed by atoms with Gasteiger partial charge in [-0.2, -0.15) is 0 Å². The number of para-hydroxylation sites is 1. The van der Waals surface area contributed by atoms with Crippen LogP contribution < -0.4 is 0 Å². The van der Waals surface area contributed by atoms with Crippen LogP contribution in [0.5, 0.6) is 0 Å². The molecule has 0 unspecified atom stereocenters. The number of benzene rings is 2. The molecule has 0 fully saturated rings. The summed E-state index contributed by atoms with van der Waals surface area (Å²) in [7, 11) is 0. The van der Waals surface area contributed by atoms with Gasteiger partial charge in [-0.05, 0) is 44.0 Å². The number of fused-ring (bicyclic) bond motifs is 3. The third-order valence-electron chi connectivity index (χ3n) is 4.52. The Bertz CT molecular complexity index is 1110. The summed E-state index contributed by atoms with van der Waals surface area (Å²) >= 11 is 0. The molecule has 4 aromatic rings. The van der Waals surface area contributed by atoms with Gasteiger partial charge in [0.05, 0.1) is 28.1 Å². The lowest BCUT2D eigenvalue weighted by molar-refractivity contribution is 1.29. The van der Waals surface area contributed by atoms with Crippen molar-refractivity contribution in [2.75, 3.05) is 0 Å². The fraction of sp³-hybridized carbons (Fsp3) is 0.136. The Morgan fingerprint density at radius 2 is 1.48 bits per heavy atom. The minimum atomic E-state index is 0.883. The van der Waals surface area contributed by atoms with Gasteiger partial charge in [0.25, 0.3) is 0 Å². The molecule has 2 aromatic carbocycles. The van der Waals surface area contributed by atoms with Gasteiger partial charge in [0.15, 0.2) is 0 Å². The van der Waals surface area contributed by atoms with Gasteiger partial charge in [-0.1, -0.05) is 42.5 Å². The van der Waals surface area contributed by atoms with Crippen molar-refractivity contribution in [1.82, 2.24) is 9.97 Å². The van der Waals surface area contributed by atoms with Crippen LogP contribution in [0, 0.1) is 13.8 Å². The van der Waals surface area contributed by atoms with E-state index >= 15 is 0 Å². The third kappa shape index (κ3) is 2.78. The molecular weight excluding hydrogens is 306 g/mol. The monoisotopic (exact) mass is 325 g/mol. The molecule has 0 atom stereocenters. The summed E-state index contributed by atoms with van der Waals surface area (Å²) in [4.78, 5) is 14.2. The van der Waals surface area contributed by atoms with Crippen molar-refractivity contribution in [3.63, 3.8) is 0 Å². The van der Waals surface area contributed by atoms with Gasteiger partial charge in [-0.3, -0.25) is 9.98 Å². The summed E-state index contributed by atoms with van der Waals surface area (Å²) in [5.41, 5.74) is 7.02. The molecular formula is C22H19N3. The second-order valence-electron chi connectivity index (χ2n) is 6.35. The highest BCUT2D eigenvalue weighted by atomic mass is 14.8. The van der Waals surface area contributed by atoms with E-state index < -0.39 is 0 Å². The van der Waals surface area contributed by atoms with Crippen LogP contribution in [0.15, 0.2) is 65.8 Å². The lowest BCUT2D eigenvalue weighted by Gasteiger charge is -2.08.